The minimum absolute atomic E-state index is 0.187. The van der Waals surface area contributed by atoms with E-state index < -0.39 is 17.4 Å². The summed E-state index contributed by atoms with van der Waals surface area (Å²) in [5, 5.41) is 12.8. The Morgan fingerprint density at radius 3 is 2.36 bits per heavy atom. The zero-order valence-electron chi connectivity index (χ0n) is 12.2. The normalized spacial score (nSPS) is 13.4. The van der Waals surface area contributed by atoms with Crippen molar-refractivity contribution in [3.63, 3.8) is 0 Å². The van der Waals surface area contributed by atoms with Crippen molar-refractivity contribution < 1.29 is 19.1 Å². The second-order valence-electron chi connectivity index (χ2n) is 4.92. The third-order valence-corrected chi connectivity index (χ3v) is 3.91. The number of aliphatic carboxylic acids is 1. The van der Waals surface area contributed by atoms with E-state index in [1.807, 2.05) is 0 Å². The Kier molecular flexibility index (Phi) is 4.56. The second-order valence-corrected chi connectivity index (χ2v) is 5.35. The summed E-state index contributed by atoms with van der Waals surface area (Å²) >= 11 is 5.85. The molecule has 0 bridgehead atoms. The molecule has 0 fully saturated rings. The van der Waals surface area contributed by atoms with Crippen molar-refractivity contribution in [2.75, 3.05) is 0 Å². The molecule has 1 unspecified atom stereocenters. The van der Waals surface area contributed by atoms with Crippen LogP contribution in [0.1, 0.15) is 35.0 Å². The van der Waals surface area contributed by atoms with Gasteiger partial charge in [0.1, 0.15) is 5.76 Å². The van der Waals surface area contributed by atoms with Crippen LogP contribution in [-0.2, 0) is 10.3 Å². The minimum Gasteiger partial charge on any atom is -0.479 e. The summed E-state index contributed by atoms with van der Waals surface area (Å²) in [6.45, 7) is 3.34. The molecule has 2 N–H and O–H groups in total. The van der Waals surface area contributed by atoms with Crippen molar-refractivity contribution in [3.8, 4) is 0 Å². The topological polar surface area (TPSA) is 79.5 Å². The zero-order chi connectivity index (χ0) is 16.3. The number of rotatable bonds is 5. The molecule has 0 radical (unpaired) electrons. The number of hydrogen-bond acceptors (Lipinski definition) is 3. The van der Waals surface area contributed by atoms with Crippen molar-refractivity contribution >= 4 is 23.5 Å². The molecule has 116 valence electrons. The maximum absolute atomic E-state index is 12.4. The fourth-order valence-electron chi connectivity index (χ4n) is 2.31. The molecule has 5 nitrogen and oxygen atoms in total. The largest absolute Gasteiger partial charge is 0.479 e. The van der Waals surface area contributed by atoms with Gasteiger partial charge < -0.3 is 14.8 Å². The van der Waals surface area contributed by atoms with Crippen LogP contribution in [0, 0.1) is 6.92 Å². The molecule has 1 aromatic heterocycles. The first-order valence-electron chi connectivity index (χ1n) is 6.76. The van der Waals surface area contributed by atoms with Gasteiger partial charge in [0.05, 0.1) is 11.8 Å². The van der Waals surface area contributed by atoms with Gasteiger partial charge in [-0.15, -0.1) is 0 Å². The number of furan rings is 1. The first kappa shape index (κ1) is 16.1. The van der Waals surface area contributed by atoms with E-state index in [9.17, 15) is 14.7 Å². The summed E-state index contributed by atoms with van der Waals surface area (Å²) in [5.74, 6) is -1.19. The van der Waals surface area contributed by atoms with Gasteiger partial charge in [0.25, 0.3) is 5.91 Å². The standard InChI is InChI=1S/C16H16ClNO4/c1-3-16(15(20)21,11-4-6-12(17)7-5-11)18-14(19)13-8-9-22-10(13)2/h4-9H,3H2,1-2H3,(H,18,19)(H,20,21). The Balaban J connectivity index is 2.42. The van der Waals surface area contributed by atoms with Crippen LogP contribution >= 0.6 is 11.6 Å². The van der Waals surface area contributed by atoms with Gasteiger partial charge in [-0.1, -0.05) is 30.7 Å². The van der Waals surface area contributed by atoms with Crippen molar-refractivity contribution in [2.24, 2.45) is 0 Å². The summed E-state index contributed by atoms with van der Waals surface area (Å²) in [4.78, 5) is 24.2. The molecule has 1 amide bonds. The molecule has 2 aromatic rings. The number of benzene rings is 1. The van der Waals surface area contributed by atoms with Crippen LogP contribution in [-0.4, -0.2) is 17.0 Å². The molecule has 2 rings (SSSR count). The van der Waals surface area contributed by atoms with Gasteiger partial charge in [-0.2, -0.15) is 0 Å². The van der Waals surface area contributed by atoms with Gasteiger partial charge in [-0.05, 0) is 37.1 Å². The van der Waals surface area contributed by atoms with Crippen LogP contribution in [0.15, 0.2) is 41.0 Å². The average Bonchev–Trinajstić information content (AvgIpc) is 2.91. The first-order chi connectivity index (χ1) is 10.4. The summed E-state index contributed by atoms with van der Waals surface area (Å²) in [5.41, 5.74) is -0.750. The van der Waals surface area contributed by atoms with E-state index in [4.69, 9.17) is 16.0 Å². The Morgan fingerprint density at radius 2 is 1.91 bits per heavy atom. The number of carboxylic acid groups (broad SMARTS) is 1. The lowest BCUT2D eigenvalue weighted by molar-refractivity contribution is -0.145. The fourth-order valence-corrected chi connectivity index (χ4v) is 2.43. The molecule has 0 saturated heterocycles. The van der Waals surface area contributed by atoms with Gasteiger partial charge in [-0.3, -0.25) is 4.79 Å². The molecule has 0 aliphatic heterocycles. The van der Waals surface area contributed by atoms with Gasteiger partial charge in [0.15, 0.2) is 5.54 Å². The van der Waals surface area contributed by atoms with Crippen molar-refractivity contribution in [3.05, 3.63) is 58.5 Å². The third kappa shape index (κ3) is 2.85. The average molecular weight is 322 g/mol. The van der Waals surface area contributed by atoms with Crippen LogP contribution in [0.4, 0.5) is 0 Å². The molecule has 0 aliphatic rings. The Hall–Kier alpha value is -2.27. The highest BCUT2D eigenvalue weighted by atomic mass is 35.5. The third-order valence-electron chi connectivity index (χ3n) is 3.66. The first-order valence-corrected chi connectivity index (χ1v) is 7.14. The molecule has 6 heteroatoms. The SMILES string of the molecule is CCC(NC(=O)c1ccoc1C)(C(=O)O)c1ccc(Cl)cc1. The molecular formula is C16H16ClNO4. The van der Waals surface area contributed by atoms with E-state index in [2.05, 4.69) is 5.32 Å². The maximum atomic E-state index is 12.4. The van der Waals surface area contributed by atoms with Crippen LogP contribution in [0.25, 0.3) is 0 Å². The van der Waals surface area contributed by atoms with Gasteiger partial charge in [0, 0.05) is 5.02 Å². The van der Waals surface area contributed by atoms with Crippen LogP contribution in [0.2, 0.25) is 5.02 Å². The minimum atomic E-state index is -1.52. The molecule has 0 aliphatic carbocycles. The highest BCUT2D eigenvalue weighted by Crippen LogP contribution is 2.28. The summed E-state index contributed by atoms with van der Waals surface area (Å²) in [7, 11) is 0. The summed E-state index contributed by atoms with van der Waals surface area (Å²) < 4.78 is 5.09. The lowest BCUT2D eigenvalue weighted by Crippen LogP contribution is -2.51. The fraction of sp³-hybridized carbons (Fsp3) is 0.250. The van der Waals surface area contributed by atoms with Crippen molar-refractivity contribution in [2.45, 2.75) is 25.8 Å². The Labute approximate surface area is 132 Å². The predicted octanol–water partition coefficient (Wildman–Crippen LogP) is 3.36. The number of halogens is 1. The quantitative estimate of drug-likeness (QED) is 0.885. The Bertz CT molecular complexity index is 692. The number of carbonyl (C=O) groups is 2. The van der Waals surface area contributed by atoms with Crippen LogP contribution in [0.3, 0.4) is 0 Å². The maximum Gasteiger partial charge on any atom is 0.334 e. The number of carbonyl (C=O) groups excluding carboxylic acids is 1. The molecule has 0 saturated carbocycles. The van der Waals surface area contributed by atoms with Crippen LogP contribution in [0.5, 0.6) is 0 Å². The molecule has 0 spiro atoms. The number of hydrogen-bond donors (Lipinski definition) is 2. The van der Waals surface area contributed by atoms with Gasteiger partial charge in [0.2, 0.25) is 0 Å². The molecule has 1 heterocycles. The van der Waals surface area contributed by atoms with E-state index in [1.54, 1.807) is 38.1 Å². The summed E-state index contributed by atoms with van der Waals surface area (Å²) in [6, 6.07) is 7.90. The second kappa shape index (κ2) is 6.23. The van der Waals surface area contributed by atoms with Crippen LogP contribution < -0.4 is 5.32 Å². The van der Waals surface area contributed by atoms with Gasteiger partial charge >= 0.3 is 5.97 Å². The Morgan fingerprint density at radius 1 is 1.27 bits per heavy atom. The van der Waals surface area contributed by atoms with Crippen molar-refractivity contribution in [1.29, 1.82) is 0 Å². The summed E-state index contributed by atoms with van der Waals surface area (Å²) in [6.07, 6.45) is 1.58. The lowest BCUT2D eigenvalue weighted by atomic mass is 9.87. The van der Waals surface area contributed by atoms with E-state index in [0.29, 0.717) is 21.9 Å². The zero-order valence-corrected chi connectivity index (χ0v) is 13.0. The van der Waals surface area contributed by atoms with E-state index in [-0.39, 0.29) is 6.42 Å². The van der Waals surface area contributed by atoms with Gasteiger partial charge in [-0.25, -0.2) is 4.79 Å². The number of nitrogens with one attached hydrogen (secondary N) is 1. The number of amides is 1. The highest BCUT2D eigenvalue weighted by molar-refractivity contribution is 6.30. The molecule has 1 atom stereocenters. The van der Waals surface area contributed by atoms with E-state index in [1.165, 1.54) is 12.3 Å². The number of carboxylic acids is 1. The van der Waals surface area contributed by atoms with E-state index >= 15 is 0 Å². The number of aryl methyl sites for hydroxylation is 1. The molecule has 1 aromatic carbocycles. The molecule has 22 heavy (non-hydrogen) atoms. The van der Waals surface area contributed by atoms with Crippen molar-refractivity contribution in [1.82, 2.24) is 5.32 Å². The highest BCUT2D eigenvalue weighted by Gasteiger charge is 2.40. The smallest absolute Gasteiger partial charge is 0.334 e. The molecular weight excluding hydrogens is 306 g/mol. The monoisotopic (exact) mass is 321 g/mol. The predicted molar refractivity (Wildman–Crippen MR) is 82.0 cm³/mol. The lowest BCUT2D eigenvalue weighted by Gasteiger charge is -2.30. The van der Waals surface area contributed by atoms with E-state index in [0.717, 1.165) is 0 Å².